The van der Waals surface area contributed by atoms with E-state index in [9.17, 15) is 4.79 Å². The number of benzene rings is 1. The van der Waals surface area contributed by atoms with Crippen molar-refractivity contribution in [3.05, 3.63) is 35.4 Å². The van der Waals surface area contributed by atoms with Crippen molar-refractivity contribution < 1.29 is 4.79 Å². The lowest BCUT2D eigenvalue weighted by atomic mass is 9.83. The quantitative estimate of drug-likeness (QED) is 0.859. The van der Waals surface area contributed by atoms with E-state index in [4.69, 9.17) is 0 Å². The number of rotatable bonds is 5. The second-order valence-corrected chi connectivity index (χ2v) is 8.11. The Bertz CT molecular complexity index is 564. The minimum absolute atomic E-state index is 0.00497. The smallest absolute Gasteiger partial charge is 0.315 e. The van der Waals surface area contributed by atoms with Crippen LogP contribution in [-0.4, -0.2) is 43.2 Å². The van der Waals surface area contributed by atoms with Crippen molar-refractivity contribution in [3.8, 4) is 0 Å². The third kappa shape index (κ3) is 5.21. The average Bonchev–Trinajstić information content (AvgIpc) is 2.61. The third-order valence-corrected chi connectivity index (χ3v) is 5.55. The van der Waals surface area contributed by atoms with E-state index in [-0.39, 0.29) is 6.03 Å². The van der Waals surface area contributed by atoms with E-state index >= 15 is 0 Å². The number of nitrogens with zero attached hydrogens (tertiary/aromatic N) is 1. The summed E-state index contributed by atoms with van der Waals surface area (Å²) in [4.78, 5) is 14.8. The maximum absolute atomic E-state index is 12.3. The highest BCUT2D eigenvalue weighted by Gasteiger charge is 2.23. The monoisotopic (exact) mass is 343 g/mol. The van der Waals surface area contributed by atoms with E-state index in [1.54, 1.807) is 0 Å². The number of aryl methyl sites for hydroxylation is 1. The summed E-state index contributed by atoms with van der Waals surface area (Å²) in [5, 5.41) is 6.30. The van der Waals surface area contributed by atoms with Crippen molar-refractivity contribution in [1.29, 1.82) is 0 Å². The summed E-state index contributed by atoms with van der Waals surface area (Å²) in [6, 6.07) is 9.01. The van der Waals surface area contributed by atoms with Crippen LogP contribution in [0.5, 0.6) is 0 Å². The molecule has 0 aromatic heterocycles. The molecule has 1 aliphatic carbocycles. The Morgan fingerprint density at radius 3 is 2.72 bits per heavy atom. The molecule has 1 aromatic rings. The molecule has 1 fully saturated rings. The van der Waals surface area contributed by atoms with Crippen molar-refractivity contribution in [1.82, 2.24) is 15.5 Å². The summed E-state index contributed by atoms with van der Waals surface area (Å²) in [5.74, 6) is 1.18. The lowest BCUT2D eigenvalue weighted by molar-refractivity contribution is 0.178. The van der Waals surface area contributed by atoms with Gasteiger partial charge in [-0.1, -0.05) is 38.1 Å². The van der Waals surface area contributed by atoms with Crippen LogP contribution in [0.15, 0.2) is 24.3 Å². The fourth-order valence-corrected chi connectivity index (χ4v) is 4.30. The average molecular weight is 344 g/mol. The van der Waals surface area contributed by atoms with E-state index in [1.165, 1.54) is 36.9 Å². The number of hydrogen-bond acceptors (Lipinski definition) is 2. The molecule has 1 aromatic carbocycles. The van der Waals surface area contributed by atoms with Crippen LogP contribution in [0.1, 0.15) is 56.6 Å². The Kier molecular flexibility index (Phi) is 6.35. The number of fused-ring (bicyclic) bond motifs is 1. The number of carbonyl (C=O) groups is 1. The number of piperidine rings is 1. The molecule has 1 saturated heterocycles. The summed E-state index contributed by atoms with van der Waals surface area (Å²) in [7, 11) is 0. The molecule has 1 heterocycles. The highest BCUT2D eigenvalue weighted by atomic mass is 16.2. The SMILES string of the molecule is CC(C)CN1CCC(NC(=O)NC[C@H]2CCCc3ccccc32)CC1. The van der Waals surface area contributed by atoms with Gasteiger partial charge in [-0.15, -0.1) is 0 Å². The molecule has 1 atom stereocenters. The Morgan fingerprint density at radius 2 is 1.96 bits per heavy atom. The molecule has 0 saturated carbocycles. The van der Waals surface area contributed by atoms with Gasteiger partial charge in [0.15, 0.2) is 0 Å². The van der Waals surface area contributed by atoms with E-state index < -0.39 is 0 Å². The number of likely N-dealkylation sites (tertiary alicyclic amines) is 1. The molecule has 0 unspecified atom stereocenters. The second kappa shape index (κ2) is 8.70. The van der Waals surface area contributed by atoms with Crippen LogP contribution in [-0.2, 0) is 6.42 Å². The van der Waals surface area contributed by atoms with Crippen LogP contribution in [0.25, 0.3) is 0 Å². The fraction of sp³-hybridized carbons (Fsp3) is 0.667. The number of hydrogen-bond donors (Lipinski definition) is 2. The molecule has 0 spiro atoms. The molecule has 0 bridgehead atoms. The molecule has 4 nitrogen and oxygen atoms in total. The van der Waals surface area contributed by atoms with E-state index in [1.807, 2.05) is 0 Å². The zero-order chi connectivity index (χ0) is 17.6. The summed E-state index contributed by atoms with van der Waals surface area (Å²) < 4.78 is 0. The largest absolute Gasteiger partial charge is 0.338 e. The van der Waals surface area contributed by atoms with Crippen molar-refractivity contribution in [2.75, 3.05) is 26.2 Å². The van der Waals surface area contributed by atoms with Gasteiger partial charge in [0.1, 0.15) is 0 Å². The van der Waals surface area contributed by atoms with Crippen LogP contribution >= 0.6 is 0 Å². The standard InChI is InChI=1S/C21H33N3O/c1-16(2)15-24-12-10-19(11-13-24)23-21(25)22-14-18-8-5-7-17-6-3-4-9-20(17)18/h3-4,6,9,16,18-19H,5,7-8,10-15H2,1-2H3,(H2,22,23,25)/t18-/m1/s1. The lowest BCUT2D eigenvalue weighted by Gasteiger charge is -2.33. The maximum atomic E-state index is 12.3. The summed E-state index contributed by atoms with van der Waals surface area (Å²) >= 11 is 0. The van der Waals surface area contributed by atoms with Crippen LogP contribution in [0.3, 0.4) is 0 Å². The highest BCUT2D eigenvalue weighted by Crippen LogP contribution is 2.30. The molecule has 2 amide bonds. The molecule has 1 aliphatic heterocycles. The Balaban J connectivity index is 1.41. The van der Waals surface area contributed by atoms with Crippen molar-refractivity contribution in [2.24, 2.45) is 5.92 Å². The fourth-order valence-electron chi connectivity index (χ4n) is 4.30. The zero-order valence-corrected chi connectivity index (χ0v) is 15.8. The highest BCUT2D eigenvalue weighted by molar-refractivity contribution is 5.74. The number of urea groups is 1. The van der Waals surface area contributed by atoms with Crippen LogP contribution in [0, 0.1) is 5.92 Å². The van der Waals surface area contributed by atoms with Crippen LogP contribution in [0.2, 0.25) is 0 Å². The van der Waals surface area contributed by atoms with Gasteiger partial charge in [-0.3, -0.25) is 0 Å². The first-order valence-electron chi connectivity index (χ1n) is 9.96. The second-order valence-electron chi connectivity index (χ2n) is 8.11. The van der Waals surface area contributed by atoms with Gasteiger partial charge in [0.2, 0.25) is 0 Å². The Hall–Kier alpha value is -1.55. The first-order valence-corrected chi connectivity index (χ1v) is 9.96. The maximum Gasteiger partial charge on any atom is 0.315 e. The van der Waals surface area contributed by atoms with Crippen LogP contribution < -0.4 is 10.6 Å². The van der Waals surface area contributed by atoms with Gasteiger partial charge in [0, 0.05) is 38.1 Å². The molecule has 2 N–H and O–H groups in total. The molecular weight excluding hydrogens is 310 g/mol. The Morgan fingerprint density at radius 1 is 1.20 bits per heavy atom. The molecule has 25 heavy (non-hydrogen) atoms. The summed E-state index contributed by atoms with van der Waals surface area (Å²) in [6.07, 6.45) is 5.69. The van der Waals surface area contributed by atoms with Crippen molar-refractivity contribution in [2.45, 2.75) is 57.9 Å². The lowest BCUT2D eigenvalue weighted by Crippen LogP contribution is -2.49. The summed E-state index contributed by atoms with van der Waals surface area (Å²) in [6.45, 7) is 8.63. The zero-order valence-electron chi connectivity index (χ0n) is 15.8. The molecular formula is C21H33N3O. The predicted molar refractivity (Wildman–Crippen MR) is 103 cm³/mol. The number of nitrogens with one attached hydrogen (secondary N) is 2. The van der Waals surface area contributed by atoms with E-state index in [2.05, 4.69) is 53.6 Å². The topological polar surface area (TPSA) is 44.4 Å². The molecule has 3 rings (SSSR count). The molecule has 4 heteroatoms. The van der Waals surface area contributed by atoms with Gasteiger partial charge >= 0.3 is 6.03 Å². The van der Waals surface area contributed by atoms with Crippen molar-refractivity contribution >= 4 is 6.03 Å². The molecule has 2 aliphatic rings. The van der Waals surface area contributed by atoms with Gasteiger partial charge in [-0.2, -0.15) is 0 Å². The molecule has 138 valence electrons. The van der Waals surface area contributed by atoms with Crippen molar-refractivity contribution in [3.63, 3.8) is 0 Å². The minimum Gasteiger partial charge on any atom is -0.338 e. The normalized spacial score (nSPS) is 21.8. The van der Waals surface area contributed by atoms with Gasteiger partial charge in [0.05, 0.1) is 0 Å². The first-order chi connectivity index (χ1) is 12.1. The van der Waals surface area contributed by atoms with Gasteiger partial charge in [0.25, 0.3) is 0 Å². The summed E-state index contributed by atoms with van der Waals surface area (Å²) in [5.41, 5.74) is 2.88. The van der Waals surface area contributed by atoms with Crippen LogP contribution in [0.4, 0.5) is 4.79 Å². The minimum atomic E-state index is 0.00497. The van der Waals surface area contributed by atoms with Gasteiger partial charge < -0.3 is 15.5 Å². The third-order valence-electron chi connectivity index (χ3n) is 5.55. The number of amides is 2. The van der Waals surface area contributed by atoms with E-state index in [0.29, 0.717) is 17.9 Å². The molecule has 0 radical (unpaired) electrons. The Labute approximate surface area is 152 Å². The predicted octanol–water partition coefficient (Wildman–Crippen LogP) is 3.53. The number of carbonyl (C=O) groups excluding carboxylic acids is 1. The first kappa shape index (κ1) is 18.2. The van der Waals surface area contributed by atoms with Gasteiger partial charge in [-0.05, 0) is 49.1 Å². The van der Waals surface area contributed by atoms with Gasteiger partial charge in [-0.25, -0.2) is 4.79 Å². The van der Waals surface area contributed by atoms with E-state index in [0.717, 1.165) is 32.5 Å².